The van der Waals surface area contributed by atoms with Crippen molar-refractivity contribution in [3.8, 4) is 0 Å². The van der Waals surface area contributed by atoms with Crippen LogP contribution in [0.15, 0.2) is 35.5 Å². The first kappa shape index (κ1) is 22.1. The van der Waals surface area contributed by atoms with Crippen LogP contribution in [-0.2, 0) is 4.79 Å². The largest absolute Gasteiger partial charge is 0.323 e. The van der Waals surface area contributed by atoms with Crippen molar-refractivity contribution in [1.82, 2.24) is 0 Å². The molecule has 152 valence electrons. The third kappa shape index (κ3) is 6.75. The quantitative estimate of drug-likeness (QED) is 0.203. The van der Waals surface area contributed by atoms with Crippen LogP contribution < -0.4 is 0 Å². The highest BCUT2D eigenvalue weighted by Gasteiger charge is 2.46. The van der Waals surface area contributed by atoms with Gasteiger partial charge < -0.3 is 4.48 Å². The Balaban J connectivity index is 1.75. The van der Waals surface area contributed by atoms with Crippen molar-refractivity contribution in [3.05, 3.63) is 35.5 Å². The minimum atomic E-state index is 0.341. The first-order chi connectivity index (χ1) is 12.8. The molecule has 0 aromatic heterocycles. The maximum atomic E-state index is 12.5. The van der Waals surface area contributed by atoms with Crippen LogP contribution in [0.4, 0.5) is 0 Å². The molecule has 0 unspecified atom stereocenters. The smallest absolute Gasteiger partial charge is 0.158 e. The van der Waals surface area contributed by atoms with E-state index in [1.165, 1.54) is 55.2 Å². The van der Waals surface area contributed by atoms with Gasteiger partial charge in [-0.25, -0.2) is 0 Å². The summed E-state index contributed by atoms with van der Waals surface area (Å²) in [5, 5.41) is 0. The van der Waals surface area contributed by atoms with E-state index >= 15 is 0 Å². The van der Waals surface area contributed by atoms with E-state index in [1.807, 2.05) is 13.0 Å². The first-order valence-electron chi connectivity index (χ1n) is 11.2. The molecule has 0 aliphatic carbocycles. The molecule has 0 aromatic carbocycles. The molecular weight excluding hydrogens is 330 g/mol. The summed E-state index contributed by atoms with van der Waals surface area (Å²) in [5.41, 5.74) is 2.31. The normalized spacial score (nSPS) is 29.6. The van der Waals surface area contributed by atoms with Gasteiger partial charge in [0.1, 0.15) is 0 Å². The molecule has 0 spiro atoms. The lowest BCUT2D eigenvalue weighted by Gasteiger charge is -2.41. The molecule has 2 saturated heterocycles. The van der Waals surface area contributed by atoms with Crippen molar-refractivity contribution in [2.24, 2.45) is 11.8 Å². The van der Waals surface area contributed by atoms with Crippen LogP contribution >= 0.6 is 0 Å². The van der Waals surface area contributed by atoms with Gasteiger partial charge in [-0.3, -0.25) is 4.79 Å². The average molecular weight is 373 g/mol. The second kappa shape index (κ2) is 10.4. The van der Waals surface area contributed by atoms with Crippen molar-refractivity contribution in [1.29, 1.82) is 0 Å². The summed E-state index contributed by atoms with van der Waals surface area (Å²) in [6.07, 6.45) is 18.2. The highest BCUT2D eigenvalue weighted by Crippen LogP contribution is 2.39. The Morgan fingerprint density at radius 1 is 1.15 bits per heavy atom. The molecule has 2 rings (SSSR count). The summed E-state index contributed by atoms with van der Waals surface area (Å²) in [4.78, 5) is 12.5. The molecular formula is C25H42NO+. The van der Waals surface area contributed by atoms with Crippen LogP contribution in [0.2, 0.25) is 0 Å². The highest BCUT2D eigenvalue weighted by molar-refractivity contribution is 5.94. The summed E-state index contributed by atoms with van der Waals surface area (Å²) in [5.74, 6) is 1.66. The average Bonchev–Trinajstić information content (AvgIpc) is 2.95. The molecule has 0 aromatic rings. The van der Waals surface area contributed by atoms with Gasteiger partial charge >= 0.3 is 0 Å². The molecule has 2 fully saturated rings. The SMILES string of the molecule is CC(C)=CCC[C@@H](C)C=CC=C(C)C(=O)CC[C@@H]1CC[N@+]2(C)CCCC[C@H]12. The number of carbonyl (C=O) groups is 1. The van der Waals surface area contributed by atoms with Gasteiger partial charge in [-0.05, 0) is 70.8 Å². The van der Waals surface area contributed by atoms with Crippen LogP contribution in [0, 0.1) is 11.8 Å². The van der Waals surface area contributed by atoms with Gasteiger partial charge in [0.05, 0.1) is 26.2 Å². The van der Waals surface area contributed by atoms with E-state index in [0.29, 0.717) is 11.7 Å². The van der Waals surface area contributed by atoms with Crippen molar-refractivity contribution >= 4 is 5.78 Å². The predicted molar refractivity (Wildman–Crippen MR) is 117 cm³/mol. The second-order valence-corrected chi connectivity index (χ2v) is 9.57. The lowest BCUT2D eigenvalue weighted by atomic mass is 9.87. The van der Waals surface area contributed by atoms with Crippen LogP contribution in [0.25, 0.3) is 0 Å². The summed E-state index contributed by atoms with van der Waals surface area (Å²) in [6, 6.07) is 0.817. The molecule has 2 heteroatoms. The Bertz CT molecular complexity index is 581. The predicted octanol–water partition coefficient (Wildman–Crippen LogP) is 6.24. The topological polar surface area (TPSA) is 17.1 Å². The van der Waals surface area contributed by atoms with Crippen LogP contribution in [0.5, 0.6) is 0 Å². The molecule has 2 aliphatic heterocycles. The van der Waals surface area contributed by atoms with Gasteiger partial charge in [0.15, 0.2) is 5.78 Å². The minimum Gasteiger partial charge on any atom is -0.323 e. The molecule has 0 N–H and O–H groups in total. The number of hydrogen-bond donors (Lipinski definition) is 0. The highest BCUT2D eigenvalue weighted by atomic mass is 16.1. The van der Waals surface area contributed by atoms with Crippen molar-refractivity contribution < 1.29 is 9.28 Å². The maximum absolute atomic E-state index is 12.5. The van der Waals surface area contributed by atoms with Gasteiger partial charge in [0.25, 0.3) is 0 Å². The fraction of sp³-hybridized carbons (Fsp3) is 0.720. The van der Waals surface area contributed by atoms with Gasteiger partial charge in [-0.2, -0.15) is 0 Å². The van der Waals surface area contributed by atoms with E-state index in [4.69, 9.17) is 0 Å². The Kier molecular flexibility index (Phi) is 8.54. The zero-order valence-electron chi connectivity index (χ0n) is 18.5. The number of allylic oxidation sites excluding steroid dienone is 6. The summed E-state index contributed by atoms with van der Waals surface area (Å²) in [7, 11) is 2.44. The van der Waals surface area contributed by atoms with E-state index in [-0.39, 0.29) is 0 Å². The van der Waals surface area contributed by atoms with Crippen molar-refractivity contribution in [2.75, 3.05) is 20.1 Å². The van der Waals surface area contributed by atoms with Crippen molar-refractivity contribution in [3.63, 3.8) is 0 Å². The van der Waals surface area contributed by atoms with Gasteiger partial charge in [0.2, 0.25) is 0 Å². The zero-order chi connectivity index (χ0) is 19.9. The van der Waals surface area contributed by atoms with E-state index in [2.05, 4.69) is 46.0 Å². The molecule has 2 aliphatic rings. The number of ketones is 1. The molecule has 0 saturated carbocycles. The van der Waals surface area contributed by atoms with Gasteiger partial charge in [0, 0.05) is 18.8 Å². The van der Waals surface area contributed by atoms with Gasteiger partial charge in [-0.1, -0.05) is 36.8 Å². The minimum absolute atomic E-state index is 0.341. The number of rotatable bonds is 9. The molecule has 2 nitrogen and oxygen atoms in total. The summed E-state index contributed by atoms with van der Waals surface area (Å²) < 4.78 is 1.28. The fourth-order valence-electron chi connectivity index (χ4n) is 5.04. The number of piperidine rings is 1. The van der Waals surface area contributed by atoms with Gasteiger partial charge in [-0.15, -0.1) is 0 Å². The summed E-state index contributed by atoms with van der Waals surface area (Å²) >= 11 is 0. The monoisotopic (exact) mass is 372 g/mol. The number of Topliss-reactive ketones (excluding diaryl/α,β-unsaturated/α-hetero) is 1. The lowest BCUT2D eigenvalue weighted by molar-refractivity contribution is -0.927. The molecule has 4 atom stereocenters. The standard InChI is InChI=1S/C25H42NO/c1-20(2)10-8-11-21(3)12-9-13-22(4)25(27)16-15-23-17-19-26(5)18-7-6-14-24(23)26/h9-10,12-13,21,23-24H,6-8,11,14-19H2,1-5H3/q+1/t21-,23-,24-,26+/m1/s1. The Labute approximate surface area is 168 Å². The molecule has 0 amide bonds. The molecule has 0 radical (unpaired) electrons. The fourth-order valence-corrected chi connectivity index (χ4v) is 5.04. The zero-order valence-corrected chi connectivity index (χ0v) is 18.5. The third-order valence-electron chi connectivity index (χ3n) is 6.92. The van der Waals surface area contributed by atoms with Crippen molar-refractivity contribution in [2.45, 2.75) is 85.1 Å². The molecule has 27 heavy (non-hydrogen) atoms. The first-order valence-corrected chi connectivity index (χ1v) is 11.2. The molecule has 0 bridgehead atoms. The van der Waals surface area contributed by atoms with Crippen LogP contribution in [-0.4, -0.2) is 36.4 Å². The Hall–Kier alpha value is -1.15. The van der Waals surface area contributed by atoms with E-state index in [0.717, 1.165) is 36.8 Å². The maximum Gasteiger partial charge on any atom is 0.158 e. The van der Waals surface area contributed by atoms with E-state index < -0.39 is 0 Å². The number of fused-ring (bicyclic) bond motifs is 1. The van der Waals surface area contributed by atoms with E-state index in [9.17, 15) is 4.79 Å². The number of nitrogens with zero attached hydrogens (tertiary/aromatic N) is 1. The summed E-state index contributed by atoms with van der Waals surface area (Å²) in [6.45, 7) is 11.2. The van der Waals surface area contributed by atoms with Crippen LogP contribution in [0.3, 0.4) is 0 Å². The molecule has 2 heterocycles. The number of quaternary nitrogens is 1. The Morgan fingerprint density at radius 3 is 2.67 bits per heavy atom. The third-order valence-corrected chi connectivity index (χ3v) is 6.92. The lowest BCUT2D eigenvalue weighted by Crippen LogP contribution is -2.52. The second-order valence-electron chi connectivity index (χ2n) is 9.57. The number of hydrogen-bond acceptors (Lipinski definition) is 1. The van der Waals surface area contributed by atoms with Crippen LogP contribution in [0.1, 0.15) is 79.1 Å². The number of carbonyl (C=O) groups excluding carboxylic acids is 1. The Morgan fingerprint density at radius 2 is 1.93 bits per heavy atom. The van der Waals surface area contributed by atoms with E-state index in [1.54, 1.807) is 0 Å².